The molecule has 2 unspecified atom stereocenters. The summed E-state index contributed by atoms with van der Waals surface area (Å²) >= 11 is 6.64. The van der Waals surface area contributed by atoms with E-state index >= 15 is 0 Å². The first-order valence-electron chi connectivity index (χ1n) is 22.2. The Hall–Kier alpha value is -5.66. The SMILES string of the molecule is CC[C@@H]1CN(P(=S)(N=C2N(C)CCN2C)OC[C@H]2O[C@@H](n3cc(C)c(=O)[nH]c3=O)CC2OC(c2ccccc2)(c2ccc(OC)cc2)c2ccc(OC)cc2)C[C@H](n2cc(C)c(=O)[nH]c2=O)O1. The molecule has 18 nitrogen and oxygen atoms in total. The van der Waals surface area contributed by atoms with Crippen molar-refractivity contribution in [3.63, 3.8) is 0 Å². The number of ether oxygens (including phenoxy) is 5. The van der Waals surface area contributed by atoms with E-state index in [1.54, 1.807) is 28.1 Å². The van der Waals surface area contributed by atoms with Crippen molar-refractivity contribution in [3.8, 4) is 11.5 Å². The van der Waals surface area contributed by atoms with E-state index in [9.17, 15) is 19.2 Å². The van der Waals surface area contributed by atoms with Crippen molar-refractivity contribution in [1.82, 2.24) is 33.6 Å². The fourth-order valence-electron chi connectivity index (χ4n) is 8.79. The molecular formula is C47H57N8O10PS. The van der Waals surface area contributed by atoms with E-state index in [-0.39, 0.29) is 25.7 Å². The van der Waals surface area contributed by atoms with Gasteiger partial charge in [-0.2, -0.15) is 4.76 Å². The summed E-state index contributed by atoms with van der Waals surface area (Å²) in [4.78, 5) is 60.7. The van der Waals surface area contributed by atoms with Gasteiger partial charge in [0.15, 0.2) is 6.23 Å². The number of methoxy groups -OCH3 is 2. The topological polar surface area (TPSA) is 187 Å². The predicted molar refractivity (Wildman–Crippen MR) is 257 cm³/mol. The minimum Gasteiger partial charge on any atom is -0.497 e. The maximum absolute atomic E-state index is 13.5. The Balaban J connectivity index is 1.24. The largest absolute Gasteiger partial charge is 0.497 e. The smallest absolute Gasteiger partial charge is 0.330 e. The summed E-state index contributed by atoms with van der Waals surface area (Å²) in [5.41, 5.74) is -0.441. The zero-order valence-corrected chi connectivity index (χ0v) is 40.3. The van der Waals surface area contributed by atoms with Crippen LogP contribution in [0.5, 0.6) is 11.5 Å². The lowest BCUT2D eigenvalue weighted by Gasteiger charge is -2.42. The lowest BCUT2D eigenvalue weighted by molar-refractivity contribution is -0.108. The summed E-state index contributed by atoms with van der Waals surface area (Å²) in [5, 5.41) is 0. The molecular weight excluding hydrogens is 900 g/mol. The van der Waals surface area contributed by atoms with Gasteiger partial charge in [0, 0.05) is 63.7 Å². The molecule has 3 aliphatic heterocycles. The number of aromatic nitrogens is 4. The predicted octanol–water partition coefficient (Wildman–Crippen LogP) is 4.47. The van der Waals surface area contributed by atoms with E-state index in [0.717, 1.165) is 29.8 Å². The lowest BCUT2D eigenvalue weighted by atomic mass is 9.79. The number of H-pyrrole nitrogens is 2. The van der Waals surface area contributed by atoms with Gasteiger partial charge < -0.3 is 38.0 Å². The Bertz CT molecular complexity index is 2810. The number of morpholine rings is 1. The molecule has 0 spiro atoms. The minimum absolute atomic E-state index is 0.121. The summed E-state index contributed by atoms with van der Waals surface area (Å²) in [6, 6.07) is 25.2. The number of rotatable bonds is 15. The average molecular weight is 957 g/mol. The molecule has 356 valence electrons. The second kappa shape index (κ2) is 19.9. The molecule has 3 saturated heterocycles. The standard InChI is InChI=1S/C47H57N8O10PS/c1-8-35-27-53(28-41(63-35)55-26-31(3)43(57)49-46(55)59)66(67,50-44-51(4)22-23-52(44)5)62-29-39-38(24-40(64-39)54-25-30(2)42(56)48-45(54)58)65-47(32-12-10-9-11-13-32,33-14-18-36(60-6)19-15-33)34-16-20-37(61-7)21-17-34/h9-21,25-26,35,38-41H,8,22-24,27-29H2,1-7H3,(H,48,56,58)(H,49,57,59)/t35-,38?,39-,40-,41-,66?/m1/s1. The molecule has 67 heavy (non-hydrogen) atoms. The number of hydrogen-bond donors (Lipinski definition) is 2. The highest BCUT2D eigenvalue weighted by atomic mass is 32.4. The molecule has 6 atom stereocenters. The molecule has 2 N–H and O–H groups in total. The van der Waals surface area contributed by atoms with Crippen molar-refractivity contribution in [2.75, 3.05) is 61.1 Å². The Labute approximate surface area is 392 Å². The van der Waals surface area contributed by atoms with Crippen LogP contribution in [0.15, 0.2) is 115 Å². The van der Waals surface area contributed by atoms with E-state index in [1.807, 2.05) is 114 Å². The summed E-state index contributed by atoms with van der Waals surface area (Å²) in [6.45, 7) is 3.53. The highest BCUT2D eigenvalue weighted by molar-refractivity contribution is 8.10. The molecule has 8 rings (SSSR count). The molecule has 3 aliphatic rings. The third-order valence-electron chi connectivity index (χ3n) is 12.6. The van der Waals surface area contributed by atoms with Crippen LogP contribution in [0.3, 0.4) is 0 Å². The van der Waals surface area contributed by atoms with Gasteiger partial charge in [0.2, 0.25) is 5.96 Å². The first kappa shape index (κ1) is 47.8. The molecule has 3 fully saturated rings. The summed E-state index contributed by atoms with van der Waals surface area (Å²) in [6.07, 6.45) is -0.0152. The Morgan fingerprint density at radius 3 is 1.79 bits per heavy atom. The van der Waals surface area contributed by atoms with E-state index in [0.29, 0.717) is 41.6 Å². The first-order valence-corrected chi connectivity index (χ1v) is 24.8. The first-order chi connectivity index (χ1) is 32.2. The van der Waals surface area contributed by atoms with Crippen LogP contribution in [-0.4, -0.2) is 119 Å². The highest BCUT2D eigenvalue weighted by Crippen LogP contribution is 2.56. The quantitative estimate of drug-likeness (QED) is 0.111. The average Bonchev–Trinajstić information content (AvgIpc) is 3.89. The maximum atomic E-state index is 13.5. The second-order valence-corrected chi connectivity index (χ2v) is 20.4. The van der Waals surface area contributed by atoms with Gasteiger partial charge in [-0.25, -0.2) is 14.3 Å². The van der Waals surface area contributed by atoms with Crippen molar-refractivity contribution in [3.05, 3.63) is 161 Å². The molecule has 5 aromatic rings. The molecule has 0 saturated carbocycles. The second-order valence-electron chi connectivity index (χ2n) is 17.0. The van der Waals surface area contributed by atoms with Crippen molar-refractivity contribution in [2.45, 2.75) is 70.0 Å². The van der Waals surface area contributed by atoms with E-state index in [2.05, 4.69) is 9.97 Å². The van der Waals surface area contributed by atoms with Gasteiger partial charge in [-0.15, -0.1) is 0 Å². The van der Waals surface area contributed by atoms with Gasteiger partial charge in [0.25, 0.3) is 17.7 Å². The number of hydrogen-bond acceptors (Lipinski definition) is 11. The molecule has 20 heteroatoms. The third-order valence-corrected chi connectivity index (χ3v) is 15.8. The number of guanidine groups is 1. The summed E-state index contributed by atoms with van der Waals surface area (Å²) in [7, 11) is 7.11. The van der Waals surface area contributed by atoms with E-state index < -0.39 is 59.3 Å². The Morgan fingerprint density at radius 1 is 0.746 bits per heavy atom. The van der Waals surface area contributed by atoms with Crippen molar-refractivity contribution in [2.24, 2.45) is 4.76 Å². The monoisotopic (exact) mass is 956 g/mol. The van der Waals surface area contributed by atoms with E-state index in [4.69, 9.17) is 44.8 Å². The van der Waals surface area contributed by atoms with Gasteiger partial charge in [-0.1, -0.05) is 61.5 Å². The number of likely N-dealkylation sites (N-methyl/N-ethyl adjacent to an activating group) is 2. The molecule has 5 heterocycles. The Kier molecular flexibility index (Phi) is 14.2. The zero-order valence-electron chi connectivity index (χ0n) is 38.6. The fourth-order valence-corrected chi connectivity index (χ4v) is 11.5. The summed E-state index contributed by atoms with van der Waals surface area (Å²) < 4.78 is 49.2. The lowest BCUT2D eigenvalue weighted by Crippen LogP contribution is -2.47. The van der Waals surface area contributed by atoms with Crippen molar-refractivity contribution < 1.29 is 28.2 Å². The molecule has 3 aromatic carbocycles. The van der Waals surface area contributed by atoms with Crippen LogP contribution in [0, 0.1) is 13.8 Å². The van der Waals surface area contributed by atoms with Crippen LogP contribution < -0.4 is 32.0 Å². The number of aromatic amines is 2. The maximum Gasteiger partial charge on any atom is 0.330 e. The third kappa shape index (κ3) is 9.72. The normalized spacial score (nSPS) is 22.2. The zero-order chi connectivity index (χ0) is 47.6. The number of nitrogens with zero attached hydrogens (tertiary/aromatic N) is 6. The molecule has 0 radical (unpaired) electrons. The number of benzene rings is 3. The van der Waals surface area contributed by atoms with Gasteiger partial charge in [0.05, 0.1) is 39.6 Å². The highest BCUT2D eigenvalue weighted by Gasteiger charge is 2.48. The molecule has 0 bridgehead atoms. The molecule has 2 aromatic heterocycles. The van der Waals surface area contributed by atoms with Crippen molar-refractivity contribution >= 4 is 24.3 Å². The van der Waals surface area contributed by atoms with Crippen LogP contribution in [0.1, 0.15) is 60.0 Å². The number of aryl methyl sites for hydroxylation is 2. The Morgan fingerprint density at radius 2 is 1.27 bits per heavy atom. The van der Waals surface area contributed by atoms with Gasteiger partial charge in [0.1, 0.15) is 29.4 Å². The molecule has 0 aliphatic carbocycles. The van der Waals surface area contributed by atoms with Crippen LogP contribution in [0.2, 0.25) is 0 Å². The van der Waals surface area contributed by atoms with Gasteiger partial charge in [-0.3, -0.25) is 28.7 Å². The van der Waals surface area contributed by atoms with Crippen LogP contribution in [-0.2, 0) is 36.1 Å². The van der Waals surface area contributed by atoms with Crippen molar-refractivity contribution in [1.29, 1.82) is 0 Å². The van der Waals surface area contributed by atoms with Crippen LogP contribution >= 0.6 is 6.57 Å². The van der Waals surface area contributed by atoms with Crippen LogP contribution in [0.25, 0.3) is 0 Å². The van der Waals surface area contributed by atoms with Gasteiger partial charge >= 0.3 is 11.4 Å². The van der Waals surface area contributed by atoms with E-state index in [1.165, 1.54) is 21.5 Å². The minimum atomic E-state index is -3.48. The van der Waals surface area contributed by atoms with Gasteiger partial charge in [-0.05, 0) is 73.0 Å². The fraction of sp³-hybridized carbons (Fsp3) is 0.426. The number of nitrogens with one attached hydrogen (secondary N) is 2. The molecule has 0 amide bonds. The summed E-state index contributed by atoms with van der Waals surface area (Å²) in [5.74, 6) is 1.96. The van der Waals surface area contributed by atoms with Crippen LogP contribution in [0.4, 0.5) is 0 Å².